The van der Waals surface area contributed by atoms with Crippen LogP contribution >= 0.6 is 0 Å². The van der Waals surface area contributed by atoms with E-state index in [1.165, 1.54) is 103 Å². The van der Waals surface area contributed by atoms with E-state index in [9.17, 15) is 0 Å². The molecule has 0 aliphatic carbocycles. The van der Waals surface area contributed by atoms with Crippen molar-refractivity contribution in [3.05, 3.63) is 0 Å². The third kappa shape index (κ3) is 13.6. The van der Waals surface area contributed by atoms with Crippen LogP contribution in [0, 0.1) is 11.8 Å². The van der Waals surface area contributed by atoms with Gasteiger partial charge in [-0.3, -0.25) is 0 Å². The van der Waals surface area contributed by atoms with Gasteiger partial charge >= 0.3 is 0 Å². The minimum atomic E-state index is 0.962. The summed E-state index contributed by atoms with van der Waals surface area (Å²) in [4.78, 5) is 0. The summed E-state index contributed by atoms with van der Waals surface area (Å²) in [6.07, 6.45) is 23.2. The summed E-state index contributed by atoms with van der Waals surface area (Å²) in [5, 5.41) is 0. The number of hydrogen-bond donors (Lipinski definition) is 0. The van der Waals surface area contributed by atoms with E-state index < -0.39 is 0 Å². The van der Waals surface area contributed by atoms with Crippen molar-refractivity contribution >= 4 is 0 Å². The Bertz CT molecular complexity index is 186. The molecule has 1 atom stereocenters. The number of hydrogen-bond acceptors (Lipinski definition) is 0. The highest BCUT2D eigenvalue weighted by molar-refractivity contribution is 4.68. The van der Waals surface area contributed by atoms with Crippen LogP contribution in [0.3, 0.4) is 0 Å². The minimum Gasteiger partial charge on any atom is -0.0654 e. The van der Waals surface area contributed by atoms with Crippen molar-refractivity contribution in [2.75, 3.05) is 0 Å². The molecule has 0 nitrogen and oxygen atoms in total. The summed E-state index contributed by atoms with van der Waals surface area (Å²) in [5.41, 5.74) is 0. The van der Waals surface area contributed by atoms with Gasteiger partial charge in [0.15, 0.2) is 0 Å². The maximum Gasteiger partial charge on any atom is -0.0388 e. The Hall–Kier alpha value is 0. The lowest BCUT2D eigenvalue weighted by atomic mass is 9.82. The zero-order valence-corrected chi connectivity index (χ0v) is 16.5. The molecule has 0 saturated heterocycles. The molecule has 0 aliphatic heterocycles. The van der Waals surface area contributed by atoms with E-state index in [2.05, 4.69) is 27.7 Å². The molecule has 0 aromatic heterocycles. The second-order valence-corrected chi connectivity index (χ2v) is 7.64. The first-order valence-corrected chi connectivity index (χ1v) is 10.8. The van der Waals surface area contributed by atoms with Crippen LogP contribution in [0.25, 0.3) is 0 Å². The summed E-state index contributed by atoms with van der Waals surface area (Å²) in [7, 11) is 0. The second kappa shape index (κ2) is 17.4. The van der Waals surface area contributed by atoms with Crippen LogP contribution in [0.4, 0.5) is 0 Å². The molecule has 0 bridgehead atoms. The fourth-order valence-electron chi connectivity index (χ4n) is 3.69. The van der Waals surface area contributed by atoms with E-state index >= 15 is 0 Å². The molecule has 0 radical (unpaired) electrons. The van der Waals surface area contributed by atoms with Crippen molar-refractivity contribution in [1.29, 1.82) is 0 Å². The average molecular weight is 311 g/mol. The van der Waals surface area contributed by atoms with E-state index in [1.54, 1.807) is 0 Å². The van der Waals surface area contributed by atoms with Crippen LogP contribution in [-0.2, 0) is 0 Å². The van der Waals surface area contributed by atoms with Crippen molar-refractivity contribution in [3.8, 4) is 0 Å². The Balaban J connectivity index is 3.80. The fourth-order valence-corrected chi connectivity index (χ4v) is 3.69. The van der Waals surface area contributed by atoms with E-state index in [1.807, 2.05) is 0 Å². The highest BCUT2D eigenvalue weighted by Crippen LogP contribution is 2.29. The van der Waals surface area contributed by atoms with Crippen molar-refractivity contribution < 1.29 is 0 Å². The molecule has 0 N–H and O–H groups in total. The molecule has 22 heavy (non-hydrogen) atoms. The Kier molecular flexibility index (Phi) is 17.4. The largest absolute Gasteiger partial charge is 0.0654 e. The molecule has 0 fully saturated rings. The molecule has 1 unspecified atom stereocenters. The Morgan fingerprint density at radius 1 is 0.455 bits per heavy atom. The van der Waals surface area contributed by atoms with Gasteiger partial charge in [0, 0.05) is 0 Å². The predicted octanol–water partition coefficient (Wildman–Crippen LogP) is 8.54. The third-order valence-corrected chi connectivity index (χ3v) is 5.42. The topological polar surface area (TPSA) is 0 Å². The van der Waals surface area contributed by atoms with Gasteiger partial charge in [0.1, 0.15) is 0 Å². The van der Waals surface area contributed by atoms with Crippen LogP contribution < -0.4 is 0 Å². The molecule has 0 rings (SSSR count). The van der Waals surface area contributed by atoms with Gasteiger partial charge in [0.05, 0.1) is 0 Å². The van der Waals surface area contributed by atoms with E-state index in [4.69, 9.17) is 0 Å². The van der Waals surface area contributed by atoms with Crippen LogP contribution in [0.5, 0.6) is 0 Å². The highest BCUT2D eigenvalue weighted by Gasteiger charge is 2.16. The quantitative estimate of drug-likeness (QED) is 0.236. The summed E-state index contributed by atoms with van der Waals surface area (Å²) < 4.78 is 0. The zero-order valence-electron chi connectivity index (χ0n) is 16.5. The maximum atomic E-state index is 2.54. The molecular weight excluding hydrogens is 264 g/mol. The molecule has 0 spiro atoms. The first kappa shape index (κ1) is 22.0. The lowest BCUT2D eigenvalue weighted by molar-refractivity contribution is 0.276. The average Bonchev–Trinajstić information content (AvgIpc) is 2.52. The van der Waals surface area contributed by atoms with E-state index in [0.717, 1.165) is 11.8 Å². The van der Waals surface area contributed by atoms with Crippen LogP contribution in [0.15, 0.2) is 0 Å². The van der Waals surface area contributed by atoms with Crippen LogP contribution in [0.1, 0.15) is 130 Å². The third-order valence-electron chi connectivity index (χ3n) is 5.42. The lowest BCUT2D eigenvalue weighted by Gasteiger charge is -2.24. The summed E-state index contributed by atoms with van der Waals surface area (Å²) in [6, 6.07) is 0. The summed E-state index contributed by atoms with van der Waals surface area (Å²) in [5.74, 6) is 1.97. The van der Waals surface area contributed by atoms with Crippen molar-refractivity contribution in [2.45, 2.75) is 130 Å². The molecule has 0 aliphatic rings. The summed E-state index contributed by atoms with van der Waals surface area (Å²) in [6.45, 7) is 9.50. The Morgan fingerprint density at radius 3 is 1.32 bits per heavy atom. The molecule has 0 heteroatoms. The van der Waals surface area contributed by atoms with Gasteiger partial charge in [0.2, 0.25) is 0 Å². The molecule has 0 aromatic carbocycles. The van der Waals surface area contributed by atoms with Gasteiger partial charge in [-0.05, 0) is 11.8 Å². The smallest absolute Gasteiger partial charge is 0.0388 e. The van der Waals surface area contributed by atoms with Crippen molar-refractivity contribution in [3.63, 3.8) is 0 Å². The molecule has 134 valence electrons. The lowest BCUT2D eigenvalue weighted by Crippen LogP contribution is -2.12. The number of unbranched alkanes of at least 4 members (excludes halogenated alkanes) is 10. The SMILES string of the molecule is CCCCCCCCCC(C)C(CCCCC)CCCCC. The van der Waals surface area contributed by atoms with Crippen molar-refractivity contribution in [1.82, 2.24) is 0 Å². The van der Waals surface area contributed by atoms with Crippen LogP contribution in [0.2, 0.25) is 0 Å². The maximum absolute atomic E-state index is 2.54. The molecule has 0 aromatic rings. The molecular formula is C22H46. The van der Waals surface area contributed by atoms with Gasteiger partial charge < -0.3 is 0 Å². The normalized spacial score (nSPS) is 13.0. The highest BCUT2D eigenvalue weighted by atomic mass is 14.2. The zero-order chi connectivity index (χ0) is 16.5. The van der Waals surface area contributed by atoms with Crippen LogP contribution in [-0.4, -0.2) is 0 Å². The molecule has 0 saturated carbocycles. The van der Waals surface area contributed by atoms with Gasteiger partial charge in [0.25, 0.3) is 0 Å². The summed E-state index contributed by atoms with van der Waals surface area (Å²) >= 11 is 0. The standard InChI is InChI=1S/C22H46/c1-5-8-11-12-13-14-17-18-21(4)22(19-15-9-6-2)20-16-10-7-3/h21-22H,5-20H2,1-4H3. The number of rotatable bonds is 17. The first-order chi connectivity index (χ1) is 10.8. The second-order valence-electron chi connectivity index (χ2n) is 7.64. The van der Waals surface area contributed by atoms with Gasteiger partial charge in [-0.15, -0.1) is 0 Å². The van der Waals surface area contributed by atoms with Crippen molar-refractivity contribution in [2.24, 2.45) is 11.8 Å². The van der Waals surface area contributed by atoms with E-state index in [0.29, 0.717) is 0 Å². The predicted molar refractivity (Wildman–Crippen MR) is 104 cm³/mol. The van der Waals surface area contributed by atoms with Gasteiger partial charge in [-0.1, -0.05) is 130 Å². The fraction of sp³-hybridized carbons (Fsp3) is 1.00. The van der Waals surface area contributed by atoms with Gasteiger partial charge in [-0.2, -0.15) is 0 Å². The van der Waals surface area contributed by atoms with E-state index in [-0.39, 0.29) is 0 Å². The Morgan fingerprint density at radius 2 is 0.818 bits per heavy atom. The molecule has 0 heterocycles. The Labute approximate surface area is 142 Å². The van der Waals surface area contributed by atoms with Gasteiger partial charge in [-0.25, -0.2) is 0 Å². The minimum absolute atomic E-state index is 0.962. The monoisotopic (exact) mass is 310 g/mol. The molecule has 0 amide bonds. The first-order valence-electron chi connectivity index (χ1n) is 10.8.